The zero-order valence-electron chi connectivity index (χ0n) is 11.7. The van der Waals surface area contributed by atoms with E-state index < -0.39 is 0 Å². The molecule has 0 aliphatic heterocycles. The van der Waals surface area contributed by atoms with Crippen LogP contribution in [-0.4, -0.2) is 19.2 Å². The van der Waals surface area contributed by atoms with Crippen LogP contribution < -0.4 is 10.1 Å². The fourth-order valence-electron chi connectivity index (χ4n) is 2.79. The van der Waals surface area contributed by atoms with E-state index in [1.54, 1.807) is 0 Å². The van der Waals surface area contributed by atoms with Crippen LogP contribution in [-0.2, 0) is 0 Å². The molecule has 0 heterocycles. The second kappa shape index (κ2) is 7.91. The lowest BCUT2D eigenvalue weighted by Crippen LogP contribution is -2.37. The Morgan fingerprint density at radius 1 is 1.21 bits per heavy atom. The molecule has 1 saturated carbocycles. The lowest BCUT2D eigenvalue weighted by atomic mass is 9.84. The lowest BCUT2D eigenvalue weighted by Gasteiger charge is -2.28. The molecule has 2 nitrogen and oxygen atoms in total. The van der Waals surface area contributed by atoms with E-state index in [-0.39, 0.29) is 0 Å². The van der Waals surface area contributed by atoms with E-state index in [9.17, 15) is 0 Å². The second-order valence-corrected chi connectivity index (χ2v) is 6.36. The predicted molar refractivity (Wildman–Crippen MR) is 83.7 cm³/mol. The first-order chi connectivity index (χ1) is 9.25. The van der Waals surface area contributed by atoms with Crippen molar-refractivity contribution in [2.45, 2.75) is 45.1 Å². The highest BCUT2D eigenvalue weighted by molar-refractivity contribution is 9.10. The Hall–Kier alpha value is -0.540. The summed E-state index contributed by atoms with van der Waals surface area (Å²) < 4.78 is 6.80. The van der Waals surface area contributed by atoms with Crippen molar-refractivity contribution in [1.82, 2.24) is 5.32 Å². The van der Waals surface area contributed by atoms with Crippen molar-refractivity contribution in [3.8, 4) is 5.75 Å². The zero-order chi connectivity index (χ0) is 13.5. The van der Waals surface area contributed by atoms with Crippen LogP contribution in [0, 0.1) is 5.92 Å². The molecule has 0 saturated heterocycles. The van der Waals surface area contributed by atoms with Gasteiger partial charge in [0.1, 0.15) is 12.4 Å². The molecule has 1 aromatic rings. The maximum absolute atomic E-state index is 5.72. The van der Waals surface area contributed by atoms with E-state index >= 15 is 0 Å². The largest absolute Gasteiger partial charge is 0.492 e. The molecule has 1 fully saturated rings. The van der Waals surface area contributed by atoms with Gasteiger partial charge in [-0.15, -0.1) is 0 Å². The molecular weight excluding hydrogens is 302 g/mol. The van der Waals surface area contributed by atoms with Crippen LogP contribution >= 0.6 is 15.9 Å². The van der Waals surface area contributed by atoms with Crippen molar-refractivity contribution < 1.29 is 4.74 Å². The molecule has 2 rings (SSSR count). The number of hydrogen-bond donors (Lipinski definition) is 1. The van der Waals surface area contributed by atoms with Crippen molar-refractivity contribution in [1.29, 1.82) is 0 Å². The average Bonchev–Trinajstić information content (AvgIpc) is 2.46. The first-order valence-corrected chi connectivity index (χ1v) is 8.17. The Kier molecular flexibility index (Phi) is 6.18. The van der Waals surface area contributed by atoms with Crippen LogP contribution in [0.15, 0.2) is 28.7 Å². The minimum atomic E-state index is 0.619. The molecule has 0 amide bonds. The van der Waals surface area contributed by atoms with Crippen LogP contribution in [0.5, 0.6) is 5.75 Å². The average molecular weight is 326 g/mol. The molecule has 106 valence electrons. The Bertz CT molecular complexity index is 360. The SMILES string of the molecule is C[C@@H](NCCOc1ccc(Br)cc1)C1CCCCC1. The lowest BCUT2D eigenvalue weighted by molar-refractivity contribution is 0.256. The van der Waals surface area contributed by atoms with Gasteiger partial charge in [0, 0.05) is 17.1 Å². The minimum absolute atomic E-state index is 0.619. The summed E-state index contributed by atoms with van der Waals surface area (Å²) >= 11 is 3.42. The molecule has 1 N–H and O–H groups in total. The van der Waals surface area contributed by atoms with Crippen LogP contribution in [0.25, 0.3) is 0 Å². The normalized spacial score (nSPS) is 18.2. The van der Waals surface area contributed by atoms with Gasteiger partial charge in [-0.3, -0.25) is 0 Å². The molecule has 0 aromatic heterocycles. The molecule has 0 unspecified atom stereocenters. The van der Waals surface area contributed by atoms with Crippen LogP contribution in [0.2, 0.25) is 0 Å². The van der Waals surface area contributed by atoms with Gasteiger partial charge in [-0.1, -0.05) is 35.2 Å². The Morgan fingerprint density at radius 2 is 1.89 bits per heavy atom. The molecule has 19 heavy (non-hydrogen) atoms. The topological polar surface area (TPSA) is 21.3 Å². The molecule has 1 atom stereocenters. The summed E-state index contributed by atoms with van der Waals surface area (Å²) in [5.74, 6) is 1.80. The fraction of sp³-hybridized carbons (Fsp3) is 0.625. The van der Waals surface area contributed by atoms with Crippen LogP contribution in [0.1, 0.15) is 39.0 Å². The third kappa shape index (κ3) is 5.15. The third-order valence-corrected chi connectivity index (χ3v) is 4.54. The molecule has 1 aliphatic carbocycles. The van der Waals surface area contributed by atoms with Crippen molar-refractivity contribution in [2.75, 3.05) is 13.2 Å². The van der Waals surface area contributed by atoms with E-state index in [1.165, 1.54) is 32.1 Å². The van der Waals surface area contributed by atoms with Crippen LogP contribution in [0.3, 0.4) is 0 Å². The maximum Gasteiger partial charge on any atom is 0.119 e. The Balaban J connectivity index is 1.62. The zero-order valence-corrected chi connectivity index (χ0v) is 13.3. The summed E-state index contributed by atoms with van der Waals surface area (Å²) in [5, 5.41) is 3.60. The first kappa shape index (κ1) is 14.9. The highest BCUT2D eigenvalue weighted by Gasteiger charge is 2.19. The van der Waals surface area contributed by atoms with Gasteiger partial charge < -0.3 is 10.1 Å². The predicted octanol–water partition coefficient (Wildman–Crippen LogP) is 4.39. The second-order valence-electron chi connectivity index (χ2n) is 5.44. The number of nitrogens with one attached hydrogen (secondary N) is 1. The highest BCUT2D eigenvalue weighted by Crippen LogP contribution is 2.26. The molecule has 3 heteroatoms. The van der Waals surface area contributed by atoms with E-state index in [1.807, 2.05) is 24.3 Å². The maximum atomic E-state index is 5.72. The summed E-state index contributed by atoms with van der Waals surface area (Å²) in [6.07, 6.45) is 7.03. The number of halogens is 1. The minimum Gasteiger partial charge on any atom is -0.492 e. The van der Waals surface area contributed by atoms with Gasteiger partial charge in [-0.25, -0.2) is 0 Å². The standard InChI is InChI=1S/C16H24BrNO/c1-13(14-5-3-2-4-6-14)18-11-12-19-16-9-7-15(17)8-10-16/h7-10,13-14,18H,2-6,11-12H2,1H3/t13-/m1/s1. The van der Waals surface area contributed by atoms with Gasteiger partial charge in [0.15, 0.2) is 0 Å². The van der Waals surface area contributed by atoms with Crippen LogP contribution in [0.4, 0.5) is 0 Å². The van der Waals surface area contributed by atoms with E-state index in [0.717, 1.165) is 29.3 Å². The quantitative estimate of drug-likeness (QED) is 0.783. The Morgan fingerprint density at radius 3 is 2.58 bits per heavy atom. The summed E-state index contributed by atoms with van der Waals surface area (Å²) in [6.45, 7) is 3.97. The summed E-state index contributed by atoms with van der Waals surface area (Å²) in [4.78, 5) is 0. The smallest absolute Gasteiger partial charge is 0.119 e. The van der Waals surface area contributed by atoms with Crippen molar-refractivity contribution in [2.24, 2.45) is 5.92 Å². The van der Waals surface area contributed by atoms with Gasteiger partial charge in [0.2, 0.25) is 0 Å². The molecule has 1 aliphatic rings. The third-order valence-electron chi connectivity index (χ3n) is 4.01. The van der Waals surface area contributed by atoms with Gasteiger partial charge in [-0.05, 0) is 49.9 Å². The van der Waals surface area contributed by atoms with Gasteiger partial charge in [0.05, 0.1) is 0 Å². The molecule has 0 bridgehead atoms. The first-order valence-electron chi connectivity index (χ1n) is 7.37. The molecule has 0 radical (unpaired) electrons. The van der Waals surface area contributed by atoms with Crippen molar-refractivity contribution in [3.05, 3.63) is 28.7 Å². The van der Waals surface area contributed by atoms with Gasteiger partial charge >= 0.3 is 0 Å². The van der Waals surface area contributed by atoms with E-state index in [4.69, 9.17) is 4.74 Å². The molecular formula is C16H24BrNO. The Labute approximate surface area is 125 Å². The fourth-order valence-corrected chi connectivity index (χ4v) is 3.05. The van der Waals surface area contributed by atoms with E-state index in [0.29, 0.717) is 6.04 Å². The summed E-state index contributed by atoms with van der Waals surface area (Å²) in [6, 6.07) is 8.62. The molecule has 1 aromatic carbocycles. The number of benzene rings is 1. The summed E-state index contributed by atoms with van der Waals surface area (Å²) in [7, 11) is 0. The van der Waals surface area contributed by atoms with Gasteiger partial charge in [0.25, 0.3) is 0 Å². The van der Waals surface area contributed by atoms with E-state index in [2.05, 4.69) is 28.2 Å². The highest BCUT2D eigenvalue weighted by atomic mass is 79.9. The number of hydrogen-bond acceptors (Lipinski definition) is 2. The summed E-state index contributed by atoms with van der Waals surface area (Å²) in [5.41, 5.74) is 0. The van der Waals surface area contributed by atoms with Gasteiger partial charge in [-0.2, -0.15) is 0 Å². The molecule has 0 spiro atoms. The number of rotatable bonds is 6. The van der Waals surface area contributed by atoms with Crippen molar-refractivity contribution >= 4 is 15.9 Å². The van der Waals surface area contributed by atoms with Crippen molar-refractivity contribution in [3.63, 3.8) is 0 Å². The number of ether oxygens (including phenoxy) is 1. The monoisotopic (exact) mass is 325 g/mol.